The van der Waals surface area contributed by atoms with Gasteiger partial charge in [0.15, 0.2) is 0 Å². The van der Waals surface area contributed by atoms with Gasteiger partial charge in [0.05, 0.1) is 5.41 Å². The van der Waals surface area contributed by atoms with Crippen LogP contribution in [0.25, 0.3) is 0 Å². The molecule has 0 saturated carbocycles. The fourth-order valence-electron chi connectivity index (χ4n) is 3.11. The molecule has 5 nitrogen and oxygen atoms in total. The van der Waals surface area contributed by atoms with E-state index in [1.165, 1.54) is 4.90 Å². The Balaban J connectivity index is 2.23. The van der Waals surface area contributed by atoms with Crippen LogP contribution in [-0.2, 0) is 9.53 Å². The standard InChI is InChI=1S/C18H25NO4/c1-17(2,3)23-16(22)19-11-10-14(13-8-6-5-7-9-13)18(4,12-19)15(20)21/h5-9,14H,10-12H2,1-4H3,(H,20,21)/t14-,18-/m1/s1. The lowest BCUT2D eigenvalue weighted by atomic mass is 9.69. The molecular weight excluding hydrogens is 294 g/mol. The van der Waals surface area contributed by atoms with Crippen LogP contribution in [0.15, 0.2) is 30.3 Å². The maximum Gasteiger partial charge on any atom is 0.410 e. The molecule has 0 bridgehead atoms. The van der Waals surface area contributed by atoms with Gasteiger partial charge in [-0.2, -0.15) is 0 Å². The van der Waals surface area contributed by atoms with Gasteiger partial charge in [-0.1, -0.05) is 30.3 Å². The van der Waals surface area contributed by atoms with Gasteiger partial charge >= 0.3 is 12.1 Å². The second-order valence-electron chi connectivity index (χ2n) is 7.38. The van der Waals surface area contributed by atoms with Gasteiger partial charge in [-0.3, -0.25) is 4.79 Å². The predicted octanol–water partition coefficient (Wildman–Crippen LogP) is 3.50. The molecule has 1 aliphatic rings. The molecule has 0 unspecified atom stereocenters. The number of amides is 1. The van der Waals surface area contributed by atoms with E-state index < -0.39 is 23.1 Å². The first-order chi connectivity index (χ1) is 10.6. The zero-order valence-electron chi connectivity index (χ0n) is 14.2. The zero-order valence-corrected chi connectivity index (χ0v) is 14.2. The van der Waals surface area contributed by atoms with E-state index in [9.17, 15) is 14.7 Å². The van der Waals surface area contributed by atoms with Gasteiger partial charge in [-0.15, -0.1) is 0 Å². The molecule has 1 saturated heterocycles. The van der Waals surface area contributed by atoms with Crippen molar-refractivity contribution in [3.8, 4) is 0 Å². The number of likely N-dealkylation sites (tertiary alicyclic amines) is 1. The first-order valence-corrected chi connectivity index (χ1v) is 7.90. The van der Waals surface area contributed by atoms with Gasteiger partial charge in [0.25, 0.3) is 0 Å². The van der Waals surface area contributed by atoms with Crippen LogP contribution in [0.3, 0.4) is 0 Å². The van der Waals surface area contributed by atoms with Gasteiger partial charge in [0.1, 0.15) is 5.60 Å². The van der Waals surface area contributed by atoms with Crippen molar-refractivity contribution < 1.29 is 19.4 Å². The van der Waals surface area contributed by atoms with Crippen LogP contribution in [0.2, 0.25) is 0 Å². The lowest BCUT2D eigenvalue weighted by molar-refractivity contribution is -0.152. The molecule has 126 valence electrons. The molecule has 0 spiro atoms. The van der Waals surface area contributed by atoms with Gasteiger partial charge in [0.2, 0.25) is 0 Å². The Bertz CT molecular complexity index is 578. The summed E-state index contributed by atoms with van der Waals surface area (Å²) in [7, 11) is 0. The summed E-state index contributed by atoms with van der Waals surface area (Å²) in [5.41, 5.74) is -0.620. The van der Waals surface area contributed by atoms with Crippen molar-refractivity contribution in [3.63, 3.8) is 0 Å². The quantitative estimate of drug-likeness (QED) is 0.906. The van der Waals surface area contributed by atoms with E-state index in [2.05, 4.69) is 0 Å². The Morgan fingerprint density at radius 1 is 1.26 bits per heavy atom. The predicted molar refractivity (Wildman–Crippen MR) is 87.3 cm³/mol. The Morgan fingerprint density at radius 3 is 2.39 bits per heavy atom. The van der Waals surface area contributed by atoms with E-state index in [1.807, 2.05) is 30.3 Å². The molecule has 1 amide bonds. The summed E-state index contributed by atoms with van der Waals surface area (Å²) in [5, 5.41) is 9.78. The number of nitrogens with zero attached hydrogens (tertiary/aromatic N) is 1. The lowest BCUT2D eigenvalue weighted by Gasteiger charge is -2.43. The number of hydrogen-bond acceptors (Lipinski definition) is 3. The van der Waals surface area contributed by atoms with E-state index in [4.69, 9.17) is 4.74 Å². The molecule has 1 aromatic carbocycles. The van der Waals surface area contributed by atoms with E-state index in [1.54, 1.807) is 27.7 Å². The summed E-state index contributed by atoms with van der Waals surface area (Å²) in [5.74, 6) is -1.01. The van der Waals surface area contributed by atoms with Crippen molar-refractivity contribution in [2.75, 3.05) is 13.1 Å². The highest BCUT2D eigenvalue weighted by Gasteiger charge is 2.48. The number of ether oxygens (including phenoxy) is 1. The molecule has 1 aromatic rings. The third kappa shape index (κ3) is 3.84. The average molecular weight is 319 g/mol. The number of carbonyl (C=O) groups is 2. The van der Waals surface area contributed by atoms with Crippen molar-refractivity contribution in [1.29, 1.82) is 0 Å². The minimum absolute atomic E-state index is 0.125. The fraction of sp³-hybridized carbons (Fsp3) is 0.556. The molecule has 0 radical (unpaired) electrons. The normalized spacial score (nSPS) is 25.0. The van der Waals surface area contributed by atoms with Crippen molar-refractivity contribution in [3.05, 3.63) is 35.9 Å². The van der Waals surface area contributed by atoms with E-state index in [0.717, 1.165) is 5.56 Å². The maximum atomic E-state index is 12.3. The van der Waals surface area contributed by atoms with E-state index >= 15 is 0 Å². The number of benzene rings is 1. The second-order valence-corrected chi connectivity index (χ2v) is 7.38. The zero-order chi connectivity index (χ0) is 17.3. The van der Waals surface area contributed by atoms with Gasteiger partial charge in [-0.05, 0) is 39.7 Å². The van der Waals surface area contributed by atoms with Crippen molar-refractivity contribution in [1.82, 2.24) is 4.90 Å². The number of carbonyl (C=O) groups excluding carboxylic acids is 1. The van der Waals surface area contributed by atoms with E-state index in [0.29, 0.717) is 13.0 Å². The molecule has 2 rings (SSSR count). The molecule has 1 aliphatic heterocycles. The van der Waals surface area contributed by atoms with E-state index in [-0.39, 0.29) is 12.5 Å². The molecular formula is C18H25NO4. The molecule has 23 heavy (non-hydrogen) atoms. The third-order valence-electron chi connectivity index (χ3n) is 4.32. The van der Waals surface area contributed by atoms with Gasteiger partial charge in [-0.25, -0.2) is 4.79 Å². The van der Waals surface area contributed by atoms with Crippen LogP contribution in [0.4, 0.5) is 4.79 Å². The second kappa shape index (κ2) is 6.22. The van der Waals surface area contributed by atoms with Crippen LogP contribution >= 0.6 is 0 Å². The number of carboxylic acid groups (broad SMARTS) is 1. The number of rotatable bonds is 2. The smallest absolute Gasteiger partial charge is 0.410 e. The van der Waals surface area contributed by atoms with Gasteiger partial charge in [0, 0.05) is 19.0 Å². The topological polar surface area (TPSA) is 66.8 Å². The van der Waals surface area contributed by atoms with Gasteiger partial charge < -0.3 is 14.7 Å². The highest BCUT2D eigenvalue weighted by atomic mass is 16.6. The molecule has 5 heteroatoms. The highest BCUT2D eigenvalue weighted by Crippen LogP contribution is 2.43. The summed E-state index contributed by atoms with van der Waals surface area (Å²) < 4.78 is 5.39. The molecule has 0 aliphatic carbocycles. The first kappa shape index (κ1) is 17.3. The van der Waals surface area contributed by atoms with Crippen LogP contribution in [-0.4, -0.2) is 40.8 Å². The fourth-order valence-corrected chi connectivity index (χ4v) is 3.11. The number of carboxylic acids is 1. The monoisotopic (exact) mass is 319 g/mol. The van der Waals surface area contributed by atoms with Crippen LogP contribution < -0.4 is 0 Å². The number of piperidine rings is 1. The SMILES string of the molecule is CC(C)(C)OC(=O)N1CC[C@H](c2ccccc2)[C@](C)(C(=O)O)C1. The third-order valence-corrected chi connectivity index (χ3v) is 4.32. The minimum Gasteiger partial charge on any atom is -0.481 e. The summed E-state index contributed by atoms with van der Waals surface area (Å²) in [6, 6.07) is 9.65. The number of hydrogen-bond donors (Lipinski definition) is 1. The summed E-state index contributed by atoms with van der Waals surface area (Å²) >= 11 is 0. The maximum absolute atomic E-state index is 12.3. The lowest BCUT2D eigenvalue weighted by Crippen LogP contribution is -2.53. The van der Waals surface area contributed by atoms with Crippen LogP contribution in [0.1, 0.15) is 45.6 Å². The Hall–Kier alpha value is -2.04. The first-order valence-electron chi connectivity index (χ1n) is 7.90. The summed E-state index contributed by atoms with van der Waals surface area (Å²) in [6.07, 6.45) is 0.156. The molecule has 1 fully saturated rings. The molecule has 0 aromatic heterocycles. The van der Waals surface area contributed by atoms with Crippen LogP contribution in [0, 0.1) is 5.41 Å². The van der Waals surface area contributed by atoms with Crippen molar-refractivity contribution >= 4 is 12.1 Å². The molecule has 1 N–H and O–H groups in total. The Labute approximate surface area is 137 Å². The number of aliphatic carboxylic acids is 1. The Morgan fingerprint density at radius 2 is 1.87 bits per heavy atom. The molecule has 1 heterocycles. The molecule has 2 atom stereocenters. The average Bonchev–Trinajstić information content (AvgIpc) is 2.46. The Kier molecular flexibility index (Phi) is 4.68. The largest absolute Gasteiger partial charge is 0.481 e. The highest BCUT2D eigenvalue weighted by molar-refractivity contribution is 5.78. The summed E-state index contributed by atoms with van der Waals surface area (Å²) in [4.78, 5) is 25.7. The van der Waals surface area contributed by atoms with Crippen LogP contribution in [0.5, 0.6) is 0 Å². The minimum atomic E-state index is -1.03. The summed E-state index contributed by atoms with van der Waals surface area (Å²) in [6.45, 7) is 7.77. The van der Waals surface area contributed by atoms with Crippen molar-refractivity contribution in [2.24, 2.45) is 5.41 Å². The van der Waals surface area contributed by atoms with Crippen molar-refractivity contribution in [2.45, 2.75) is 45.6 Å².